The molecule has 0 heterocycles. The van der Waals surface area contributed by atoms with E-state index in [0.29, 0.717) is 5.69 Å². The number of carbonyl (C=O) groups is 2. The summed E-state index contributed by atoms with van der Waals surface area (Å²) in [5.41, 5.74) is 1.39. The standard InChI is InChI=1S/C18H21N3O4S/c1-13(14-8-10-16(11-9-14)26(2,24)25)20-17(22)12-19-18(23)21-15-6-4-3-5-7-15/h3-11,13H,12H2,1-2H3,(H,20,22)(H2,19,21,23)/t13-/m0/s1. The van der Waals surface area contributed by atoms with E-state index < -0.39 is 15.9 Å². The Morgan fingerprint density at radius 1 is 1.00 bits per heavy atom. The Labute approximate surface area is 152 Å². The van der Waals surface area contributed by atoms with E-state index in [4.69, 9.17) is 0 Å². The largest absolute Gasteiger partial charge is 0.348 e. The predicted octanol–water partition coefficient (Wildman–Crippen LogP) is 2.09. The van der Waals surface area contributed by atoms with Gasteiger partial charge in [-0.15, -0.1) is 0 Å². The van der Waals surface area contributed by atoms with Gasteiger partial charge in [0.2, 0.25) is 5.91 Å². The topological polar surface area (TPSA) is 104 Å². The average molecular weight is 375 g/mol. The lowest BCUT2D eigenvalue weighted by Crippen LogP contribution is -2.39. The van der Waals surface area contributed by atoms with Crippen molar-refractivity contribution in [1.29, 1.82) is 0 Å². The van der Waals surface area contributed by atoms with E-state index in [-0.39, 0.29) is 23.4 Å². The Morgan fingerprint density at radius 3 is 2.19 bits per heavy atom. The molecular formula is C18H21N3O4S. The van der Waals surface area contributed by atoms with Gasteiger partial charge < -0.3 is 16.0 Å². The summed E-state index contributed by atoms with van der Waals surface area (Å²) >= 11 is 0. The van der Waals surface area contributed by atoms with Crippen LogP contribution >= 0.6 is 0 Å². The van der Waals surface area contributed by atoms with Crippen LogP contribution in [0.15, 0.2) is 59.5 Å². The third kappa shape index (κ3) is 5.89. The van der Waals surface area contributed by atoms with Crippen LogP contribution in [0.4, 0.5) is 10.5 Å². The number of para-hydroxylation sites is 1. The quantitative estimate of drug-likeness (QED) is 0.719. The molecule has 138 valence electrons. The normalized spacial score (nSPS) is 12.1. The third-order valence-corrected chi connectivity index (χ3v) is 4.76. The second kappa shape index (κ2) is 8.48. The maximum atomic E-state index is 12.0. The lowest BCUT2D eigenvalue weighted by molar-refractivity contribution is -0.120. The Hall–Kier alpha value is -2.87. The van der Waals surface area contributed by atoms with Crippen LogP contribution in [-0.4, -0.2) is 33.2 Å². The first-order valence-corrected chi connectivity index (χ1v) is 9.84. The van der Waals surface area contributed by atoms with Gasteiger partial charge >= 0.3 is 6.03 Å². The molecule has 0 fully saturated rings. The van der Waals surface area contributed by atoms with E-state index in [9.17, 15) is 18.0 Å². The number of nitrogens with one attached hydrogen (secondary N) is 3. The summed E-state index contributed by atoms with van der Waals surface area (Å²) in [6.07, 6.45) is 1.14. The molecule has 0 radical (unpaired) electrons. The molecule has 0 bridgehead atoms. The van der Waals surface area contributed by atoms with E-state index in [2.05, 4.69) is 16.0 Å². The summed E-state index contributed by atoms with van der Waals surface area (Å²) in [7, 11) is -3.25. The summed E-state index contributed by atoms with van der Waals surface area (Å²) < 4.78 is 22.9. The molecule has 2 aromatic rings. The number of urea groups is 1. The molecule has 0 aliphatic heterocycles. The predicted molar refractivity (Wildman–Crippen MR) is 99.6 cm³/mol. The van der Waals surface area contributed by atoms with Crippen molar-refractivity contribution >= 4 is 27.5 Å². The van der Waals surface area contributed by atoms with Gasteiger partial charge in [0.05, 0.1) is 17.5 Å². The first kappa shape index (κ1) is 19.5. The highest BCUT2D eigenvalue weighted by molar-refractivity contribution is 7.90. The number of anilines is 1. The molecule has 2 aromatic carbocycles. The molecule has 8 heteroatoms. The number of hydrogen-bond acceptors (Lipinski definition) is 4. The number of hydrogen-bond donors (Lipinski definition) is 3. The van der Waals surface area contributed by atoms with Gasteiger partial charge in [-0.05, 0) is 36.8 Å². The molecular weight excluding hydrogens is 354 g/mol. The van der Waals surface area contributed by atoms with Gasteiger partial charge in [0, 0.05) is 11.9 Å². The number of carbonyl (C=O) groups excluding carboxylic acids is 2. The fraction of sp³-hybridized carbons (Fsp3) is 0.222. The minimum Gasteiger partial charge on any atom is -0.348 e. The van der Waals surface area contributed by atoms with Crippen LogP contribution in [0, 0.1) is 0 Å². The smallest absolute Gasteiger partial charge is 0.319 e. The summed E-state index contributed by atoms with van der Waals surface area (Å²) in [5.74, 6) is -0.354. The number of amides is 3. The van der Waals surface area contributed by atoms with Gasteiger partial charge in [0.15, 0.2) is 9.84 Å². The van der Waals surface area contributed by atoms with Crippen molar-refractivity contribution in [2.45, 2.75) is 17.9 Å². The van der Waals surface area contributed by atoms with Crippen molar-refractivity contribution < 1.29 is 18.0 Å². The van der Waals surface area contributed by atoms with Gasteiger partial charge in [-0.25, -0.2) is 13.2 Å². The molecule has 0 unspecified atom stereocenters. The molecule has 2 rings (SSSR count). The second-order valence-electron chi connectivity index (χ2n) is 5.80. The maximum Gasteiger partial charge on any atom is 0.319 e. The van der Waals surface area contributed by atoms with Crippen LogP contribution in [-0.2, 0) is 14.6 Å². The summed E-state index contributed by atoms with van der Waals surface area (Å²) in [4.78, 5) is 23.9. The fourth-order valence-corrected chi connectivity index (χ4v) is 2.87. The highest BCUT2D eigenvalue weighted by atomic mass is 32.2. The molecule has 26 heavy (non-hydrogen) atoms. The Balaban J connectivity index is 1.82. The lowest BCUT2D eigenvalue weighted by Gasteiger charge is -2.15. The number of rotatable bonds is 6. The number of sulfone groups is 1. The molecule has 3 amide bonds. The Kier molecular flexibility index (Phi) is 6.35. The third-order valence-electron chi connectivity index (χ3n) is 3.63. The van der Waals surface area contributed by atoms with Crippen LogP contribution in [0.25, 0.3) is 0 Å². The maximum absolute atomic E-state index is 12.0. The van der Waals surface area contributed by atoms with Crippen molar-refractivity contribution in [3.8, 4) is 0 Å². The Bertz CT molecular complexity index is 865. The fourth-order valence-electron chi connectivity index (χ4n) is 2.24. The molecule has 0 saturated heterocycles. The zero-order valence-corrected chi connectivity index (χ0v) is 15.3. The van der Waals surface area contributed by atoms with Gasteiger partial charge in [-0.3, -0.25) is 4.79 Å². The molecule has 1 atom stereocenters. The van der Waals surface area contributed by atoms with Crippen molar-refractivity contribution in [3.05, 3.63) is 60.2 Å². The van der Waals surface area contributed by atoms with E-state index in [1.165, 1.54) is 12.1 Å². The first-order valence-electron chi connectivity index (χ1n) is 7.95. The second-order valence-corrected chi connectivity index (χ2v) is 7.82. The Morgan fingerprint density at radius 2 is 1.62 bits per heavy atom. The van der Waals surface area contributed by atoms with E-state index in [1.54, 1.807) is 43.3 Å². The van der Waals surface area contributed by atoms with E-state index >= 15 is 0 Å². The van der Waals surface area contributed by atoms with Gasteiger partial charge in [0.1, 0.15) is 0 Å². The van der Waals surface area contributed by atoms with Gasteiger partial charge in [0.25, 0.3) is 0 Å². The zero-order valence-electron chi connectivity index (χ0n) is 14.5. The zero-order chi connectivity index (χ0) is 19.2. The van der Waals surface area contributed by atoms with Gasteiger partial charge in [-0.1, -0.05) is 30.3 Å². The van der Waals surface area contributed by atoms with Gasteiger partial charge in [-0.2, -0.15) is 0 Å². The minimum absolute atomic E-state index is 0.176. The molecule has 0 aliphatic carbocycles. The highest BCUT2D eigenvalue weighted by Gasteiger charge is 2.12. The highest BCUT2D eigenvalue weighted by Crippen LogP contribution is 2.16. The van der Waals surface area contributed by atoms with Crippen LogP contribution in [0.2, 0.25) is 0 Å². The molecule has 0 spiro atoms. The summed E-state index contributed by atoms with van der Waals surface area (Å²) in [5, 5.41) is 7.83. The van der Waals surface area contributed by atoms with Crippen LogP contribution < -0.4 is 16.0 Å². The van der Waals surface area contributed by atoms with Crippen LogP contribution in [0.5, 0.6) is 0 Å². The molecule has 7 nitrogen and oxygen atoms in total. The number of benzene rings is 2. The van der Waals surface area contributed by atoms with Crippen molar-refractivity contribution in [2.24, 2.45) is 0 Å². The van der Waals surface area contributed by atoms with Crippen LogP contribution in [0.3, 0.4) is 0 Å². The van der Waals surface area contributed by atoms with Crippen molar-refractivity contribution in [1.82, 2.24) is 10.6 Å². The average Bonchev–Trinajstić information content (AvgIpc) is 2.60. The first-order chi connectivity index (χ1) is 12.3. The summed E-state index contributed by atoms with van der Waals surface area (Å²) in [6, 6.07) is 14.4. The lowest BCUT2D eigenvalue weighted by atomic mass is 10.1. The van der Waals surface area contributed by atoms with Crippen molar-refractivity contribution in [3.63, 3.8) is 0 Å². The SMILES string of the molecule is C[C@H](NC(=O)CNC(=O)Nc1ccccc1)c1ccc(S(C)(=O)=O)cc1. The molecule has 0 aliphatic rings. The molecule has 3 N–H and O–H groups in total. The summed E-state index contributed by atoms with van der Waals surface area (Å²) in [6.45, 7) is 1.60. The minimum atomic E-state index is -3.25. The van der Waals surface area contributed by atoms with E-state index in [1.807, 2.05) is 6.07 Å². The van der Waals surface area contributed by atoms with E-state index in [0.717, 1.165) is 11.8 Å². The monoisotopic (exact) mass is 375 g/mol. The molecule has 0 aromatic heterocycles. The van der Waals surface area contributed by atoms with Crippen molar-refractivity contribution in [2.75, 3.05) is 18.1 Å². The molecule has 0 saturated carbocycles. The van der Waals surface area contributed by atoms with Crippen LogP contribution in [0.1, 0.15) is 18.5 Å².